The molecule has 0 amide bonds. The average Bonchev–Trinajstić information content (AvgIpc) is 3.23. The number of thiazole rings is 1. The highest BCUT2D eigenvalue weighted by atomic mass is 32.1. The normalized spacial score (nSPS) is 10.7. The van der Waals surface area contributed by atoms with Gasteiger partial charge in [-0.25, -0.2) is 9.78 Å². The van der Waals surface area contributed by atoms with Crippen LogP contribution < -0.4 is 0 Å². The molecule has 5 nitrogen and oxygen atoms in total. The quantitative estimate of drug-likeness (QED) is 0.642. The number of nitrogens with zero attached hydrogens (tertiary/aromatic N) is 1. The number of methoxy groups -OCH3 is 1. The van der Waals surface area contributed by atoms with Crippen LogP contribution in [0.3, 0.4) is 0 Å². The Morgan fingerprint density at radius 3 is 2.78 bits per heavy atom. The first-order valence-electron chi connectivity index (χ1n) is 7.01. The molecule has 2 aromatic heterocycles. The first-order chi connectivity index (χ1) is 11.3. The highest BCUT2D eigenvalue weighted by Gasteiger charge is 2.14. The van der Waals surface area contributed by atoms with Gasteiger partial charge in [-0.05, 0) is 12.1 Å². The topological polar surface area (TPSA) is 61.6 Å². The third-order valence-electron chi connectivity index (χ3n) is 3.07. The number of benzene rings is 1. The van der Waals surface area contributed by atoms with E-state index in [1.54, 1.807) is 25.4 Å². The molecule has 0 aliphatic carbocycles. The van der Waals surface area contributed by atoms with Gasteiger partial charge in [-0.3, -0.25) is 0 Å². The van der Waals surface area contributed by atoms with Crippen LogP contribution in [0.5, 0.6) is 0 Å². The molecule has 0 saturated carbocycles. The van der Waals surface area contributed by atoms with Crippen LogP contribution in [0.4, 0.5) is 0 Å². The van der Waals surface area contributed by atoms with E-state index in [2.05, 4.69) is 4.98 Å². The molecule has 6 heteroatoms. The average molecular weight is 329 g/mol. The zero-order valence-corrected chi connectivity index (χ0v) is 13.3. The van der Waals surface area contributed by atoms with Crippen molar-refractivity contribution in [3.8, 4) is 10.6 Å². The maximum Gasteiger partial charge on any atom is 0.374 e. The highest BCUT2D eigenvalue weighted by molar-refractivity contribution is 7.15. The number of hydrogen-bond donors (Lipinski definition) is 0. The second-order valence-corrected chi connectivity index (χ2v) is 5.89. The minimum atomic E-state index is -0.498. The van der Waals surface area contributed by atoms with Crippen LogP contribution in [0, 0.1) is 0 Å². The lowest BCUT2D eigenvalue weighted by molar-refractivity contribution is 0.0433. The number of ether oxygens (including phenoxy) is 2. The minimum absolute atomic E-state index is 0.170. The van der Waals surface area contributed by atoms with Crippen LogP contribution >= 0.6 is 11.3 Å². The second-order valence-electron chi connectivity index (χ2n) is 4.77. The number of esters is 1. The maximum absolute atomic E-state index is 11.9. The van der Waals surface area contributed by atoms with Crippen LogP contribution in [-0.4, -0.2) is 18.1 Å². The Hall–Kier alpha value is -2.44. The molecule has 1 aromatic carbocycles. The lowest BCUT2D eigenvalue weighted by Crippen LogP contribution is -2.03. The smallest absolute Gasteiger partial charge is 0.374 e. The van der Waals surface area contributed by atoms with E-state index in [1.165, 1.54) is 11.3 Å². The third-order valence-corrected chi connectivity index (χ3v) is 4.09. The number of carbonyl (C=O) groups excluding carboxylic acids is 1. The van der Waals surface area contributed by atoms with Gasteiger partial charge < -0.3 is 13.9 Å². The van der Waals surface area contributed by atoms with Crippen LogP contribution in [0.15, 0.2) is 53.1 Å². The molecule has 0 fully saturated rings. The molecule has 0 radical (unpaired) electrons. The fourth-order valence-corrected chi connectivity index (χ4v) is 2.83. The Balaban J connectivity index is 1.60. The fraction of sp³-hybridized carbons (Fsp3) is 0.176. The summed E-state index contributed by atoms with van der Waals surface area (Å²) in [5.41, 5.74) is 1.05. The summed E-state index contributed by atoms with van der Waals surface area (Å²) in [5, 5.41) is 0.900. The number of hydrogen-bond acceptors (Lipinski definition) is 6. The maximum atomic E-state index is 11.9. The van der Waals surface area contributed by atoms with Gasteiger partial charge in [0.2, 0.25) is 5.76 Å². The number of aromatic nitrogens is 1. The zero-order valence-electron chi connectivity index (χ0n) is 12.5. The van der Waals surface area contributed by atoms with Crippen LogP contribution in [0.2, 0.25) is 0 Å². The molecule has 0 atom stereocenters. The predicted octanol–water partition coefficient (Wildman–Crippen LogP) is 3.91. The van der Waals surface area contributed by atoms with Crippen molar-refractivity contribution in [1.29, 1.82) is 0 Å². The summed E-state index contributed by atoms with van der Waals surface area (Å²) in [6, 6.07) is 13.2. The number of furan rings is 1. The van der Waals surface area contributed by atoms with Crippen molar-refractivity contribution in [2.24, 2.45) is 0 Å². The molecule has 0 bridgehead atoms. The fourth-order valence-electron chi connectivity index (χ4n) is 2.00. The van der Waals surface area contributed by atoms with Gasteiger partial charge in [0.05, 0.1) is 4.88 Å². The van der Waals surface area contributed by atoms with Crippen molar-refractivity contribution in [3.05, 3.63) is 65.1 Å². The molecular weight excluding hydrogens is 314 g/mol. The molecule has 3 rings (SSSR count). The SMILES string of the molecule is COCc1ccc(C(=O)OCc2cnc(-c3ccccc3)s2)o1. The number of carbonyl (C=O) groups is 1. The van der Waals surface area contributed by atoms with Gasteiger partial charge in [-0.2, -0.15) is 0 Å². The van der Waals surface area contributed by atoms with Crippen LogP contribution in [0.25, 0.3) is 10.6 Å². The predicted molar refractivity (Wildman–Crippen MR) is 86.1 cm³/mol. The first kappa shape index (κ1) is 15.5. The van der Waals surface area contributed by atoms with Crippen molar-refractivity contribution in [1.82, 2.24) is 4.98 Å². The second kappa shape index (κ2) is 7.21. The minimum Gasteiger partial charge on any atom is -0.454 e. The Labute approximate surface area is 137 Å². The molecule has 0 N–H and O–H groups in total. The Bertz CT molecular complexity index is 779. The van der Waals surface area contributed by atoms with E-state index in [4.69, 9.17) is 13.9 Å². The summed E-state index contributed by atoms with van der Waals surface area (Å²) in [7, 11) is 1.56. The Morgan fingerprint density at radius 1 is 1.17 bits per heavy atom. The summed E-state index contributed by atoms with van der Waals surface area (Å²) in [4.78, 5) is 17.2. The lowest BCUT2D eigenvalue weighted by Gasteiger charge is -2.00. The lowest BCUT2D eigenvalue weighted by atomic mass is 10.2. The summed E-state index contributed by atoms with van der Waals surface area (Å²) < 4.78 is 15.5. The van der Waals surface area contributed by atoms with Gasteiger partial charge >= 0.3 is 5.97 Å². The van der Waals surface area contributed by atoms with E-state index in [0.717, 1.165) is 15.4 Å². The van der Waals surface area contributed by atoms with Crippen molar-refractivity contribution in [2.45, 2.75) is 13.2 Å². The van der Waals surface area contributed by atoms with E-state index in [9.17, 15) is 4.79 Å². The molecule has 0 spiro atoms. The van der Waals surface area contributed by atoms with Crippen molar-refractivity contribution in [3.63, 3.8) is 0 Å². The Kier molecular flexibility index (Phi) is 4.85. The van der Waals surface area contributed by atoms with Gasteiger partial charge in [0.25, 0.3) is 0 Å². The molecule has 0 aliphatic heterocycles. The summed E-state index contributed by atoms with van der Waals surface area (Å²) in [6.45, 7) is 0.492. The molecule has 0 unspecified atom stereocenters. The molecule has 2 heterocycles. The summed E-state index contributed by atoms with van der Waals surface area (Å²) >= 11 is 1.50. The zero-order chi connectivity index (χ0) is 16.1. The summed E-state index contributed by atoms with van der Waals surface area (Å²) in [5.74, 6) is 0.260. The Morgan fingerprint density at radius 2 is 2.00 bits per heavy atom. The van der Waals surface area contributed by atoms with Gasteiger partial charge in [0.1, 0.15) is 24.0 Å². The van der Waals surface area contributed by atoms with Gasteiger partial charge in [-0.15, -0.1) is 11.3 Å². The molecule has 118 valence electrons. The van der Waals surface area contributed by atoms with E-state index in [-0.39, 0.29) is 12.4 Å². The van der Waals surface area contributed by atoms with Gasteiger partial charge in [-0.1, -0.05) is 30.3 Å². The highest BCUT2D eigenvalue weighted by Crippen LogP contribution is 2.25. The monoisotopic (exact) mass is 329 g/mol. The largest absolute Gasteiger partial charge is 0.454 e. The van der Waals surface area contributed by atoms with Crippen LogP contribution in [-0.2, 0) is 22.7 Å². The van der Waals surface area contributed by atoms with Crippen LogP contribution in [0.1, 0.15) is 21.2 Å². The van der Waals surface area contributed by atoms with Crippen molar-refractivity contribution in [2.75, 3.05) is 7.11 Å². The van der Waals surface area contributed by atoms with E-state index in [1.807, 2.05) is 30.3 Å². The molecular formula is C17H15NO4S. The van der Waals surface area contributed by atoms with E-state index >= 15 is 0 Å². The van der Waals surface area contributed by atoms with Gasteiger partial charge in [0.15, 0.2) is 0 Å². The first-order valence-corrected chi connectivity index (χ1v) is 7.83. The molecule has 0 saturated heterocycles. The molecule has 0 aliphatic rings. The van der Waals surface area contributed by atoms with Crippen molar-refractivity contribution >= 4 is 17.3 Å². The molecule has 3 aromatic rings. The van der Waals surface area contributed by atoms with E-state index in [0.29, 0.717) is 12.4 Å². The summed E-state index contributed by atoms with van der Waals surface area (Å²) in [6.07, 6.45) is 1.72. The van der Waals surface area contributed by atoms with E-state index < -0.39 is 5.97 Å². The van der Waals surface area contributed by atoms with Crippen molar-refractivity contribution < 1.29 is 18.7 Å². The molecule has 23 heavy (non-hydrogen) atoms. The standard InChI is InChI=1S/C17H15NO4S/c1-20-10-13-7-8-15(22-13)17(19)21-11-14-9-18-16(23-14)12-5-3-2-4-6-12/h2-9H,10-11H2,1H3. The number of rotatable bonds is 6. The third kappa shape index (κ3) is 3.85. The van der Waals surface area contributed by atoms with Gasteiger partial charge in [0, 0.05) is 18.9 Å².